The van der Waals surface area contributed by atoms with E-state index in [1.54, 1.807) is 0 Å². The first kappa shape index (κ1) is 18.3. The lowest BCUT2D eigenvalue weighted by Gasteiger charge is -2.06. The summed E-state index contributed by atoms with van der Waals surface area (Å²) in [5.41, 5.74) is -0.666. The molecule has 8 heteroatoms. The molecule has 0 bridgehead atoms. The summed E-state index contributed by atoms with van der Waals surface area (Å²) in [4.78, 5) is 21.7. The molecular weight excluding hydrogens is 289 g/mol. The summed E-state index contributed by atoms with van der Waals surface area (Å²) in [6.45, 7) is 3.79. The highest BCUT2D eigenvalue weighted by atomic mass is 35.5. The summed E-state index contributed by atoms with van der Waals surface area (Å²) in [5.74, 6) is -1.32. The molecule has 0 aliphatic carbocycles. The fourth-order valence-corrected chi connectivity index (χ4v) is 1.51. The van der Waals surface area contributed by atoms with Crippen LogP contribution in [0.3, 0.4) is 0 Å². The first-order chi connectivity index (χ1) is 9.06. The maximum absolute atomic E-state index is 12.9. The summed E-state index contributed by atoms with van der Waals surface area (Å²) < 4.78 is 12.9. The number of benzene rings is 1. The molecule has 6 nitrogen and oxygen atoms in total. The van der Waals surface area contributed by atoms with E-state index in [-0.39, 0.29) is 18.0 Å². The molecule has 0 saturated carbocycles. The van der Waals surface area contributed by atoms with Gasteiger partial charge >= 0.3 is 0 Å². The maximum atomic E-state index is 12.9. The van der Waals surface area contributed by atoms with Crippen LogP contribution in [0.25, 0.3) is 0 Å². The van der Waals surface area contributed by atoms with E-state index in [4.69, 9.17) is 0 Å². The van der Waals surface area contributed by atoms with Crippen LogP contribution in [0.15, 0.2) is 18.2 Å². The van der Waals surface area contributed by atoms with Crippen LogP contribution in [0.1, 0.15) is 23.7 Å². The van der Waals surface area contributed by atoms with Gasteiger partial charge in [0.15, 0.2) is 0 Å². The van der Waals surface area contributed by atoms with Gasteiger partial charge in [0.2, 0.25) is 0 Å². The number of amides is 1. The van der Waals surface area contributed by atoms with Crippen molar-refractivity contribution >= 4 is 24.0 Å². The Balaban J connectivity index is 0.00000361. The van der Waals surface area contributed by atoms with Crippen molar-refractivity contribution in [2.75, 3.05) is 19.6 Å². The number of carbonyl (C=O) groups excluding carboxylic acids is 1. The second kappa shape index (κ2) is 9.22. The van der Waals surface area contributed by atoms with E-state index in [1.165, 1.54) is 0 Å². The van der Waals surface area contributed by atoms with Gasteiger partial charge in [-0.15, -0.1) is 12.4 Å². The number of nitro groups is 1. The number of rotatable bonds is 7. The molecule has 0 radical (unpaired) electrons. The number of halogens is 2. The third-order valence-electron chi connectivity index (χ3n) is 2.42. The van der Waals surface area contributed by atoms with E-state index >= 15 is 0 Å². The molecule has 0 unspecified atom stereocenters. The molecule has 0 heterocycles. The predicted octanol–water partition coefficient (Wildman–Crippen LogP) is 1.89. The normalized spacial score (nSPS) is 9.70. The van der Waals surface area contributed by atoms with E-state index in [2.05, 4.69) is 10.6 Å². The zero-order chi connectivity index (χ0) is 14.3. The van der Waals surface area contributed by atoms with Gasteiger partial charge in [0, 0.05) is 13.1 Å². The van der Waals surface area contributed by atoms with Gasteiger partial charge in [-0.3, -0.25) is 14.9 Å². The molecule has 0 saturated heterocycles. The third-order valence-corrected chi connectivity index (χ3v) is 2.42. The smallest absolute Gasteiger partial charge is 0.285 e. The Morgan fingerprint density at radius 2 is 2.05 bits per heavy atom. The van der Waals surface area contributed by atoms with Crippen LogP contribution in [0.5, 0.6) is 0 Å². The number of nitro benzene ring substituents is 1. The largest absolute Gasteiger partial charge is 0.351 e. The molecule has 1 amide bonds. The molecule has 2 N–H and O–H groups in total. The van der Waals surface area contributed by atoms with Gasteiger partial charge in [-0.05, 0) is 25.1 Å². The Bertz CT molecular complexity index is 471. The minimum atomic E-state index is -0.771. The Kier molecular flexibility index (Phi) is 8.42. The molecule has 0 aliphatic rings. The standard InChI is InChI=1S/C12H16FN3O3.ClH/c1-2-5-14-6-7-15-12(17)10-4-3-9(13)8-11(10)16(18)19;/h3-4,8,14H,2,5-7H2,1H3,(H,15,17);1H. The number of hydrogen-bond acceptors (Lipinski definition) is 4. The monoisotopic (exact) mass is 305 g/mol. The number of carbonyl (C=O) groups is 1. The lowest BCUT2D eigenvalue weighted by atomic mass is 10.1. The summed E-state index contributed by atoms with van der Waals surface area (Å²) in [7, 11) is 0. The predicted molar refractivity (Wildman–Crippen MR) is 75.8 cm³/mol. The van der Waals surface area contributed by atoms with Gasteiger partial charge in [-0.2, -0.15) is 0 Å². The SMILES string of the molecule is CCCNCCNC(=O)c1ccc(F)cc1[N+](=O)[O-].Cl. The summed E-state index contributed by atoms with van der Waals surface area (Å²) in [5, 5.41) is 16.4. The van der Waals surface area contributed by atoms with E-state index in [1.807, 2.05) is 6.92 Å². The van der Waals surface area contributed by atoms with Gasteiger partial charge in [0.25, 0.3) is 11.6 Å². The molecule has 0 aromatic heterocycles. The molecule has 20 heavy (non-hydrogen) atoms. The van der Waals surface area contributed by atoms with Crippen LogP contribution in [0.2, 0.25) is 0 Å². The van der Waals surface area contributed by atoms with Gasteiger partial charge in [0.05, 0.1) is 11.0 Å². The quantitative estimate of drug-likeness (QED) is 0.458. The minimum absolute atomic E-state index is 0. The molecule has 1 rings (SSSR count). The number of nitrogens with one attached hydrogen (secondary N) is 2. The molecule has 1 aromatic carbocycles. The first-order valence-corrected chi connectivity index (χ1v) is 5.99. The lowest BCUT2D eigenvalue weighted by molar-refractivity contribution is -0.385. The first-order valence-electron chi connectivity index (χ1n) is 5.99. The molecule has 0 fully saturated rings. The molecule has 0 spiro atoms. The summed E-state index contributed by atoms with van der Waals surface area (Å²) in [6.07, 6.45) is 0.984. The van der Waals surface area contributed by atoms with Crippen LogP contribution in [0, 0.1) is 15.9 Å². The van der Waals surface area contributed by atoms with Crippen LogP contribution in [0.4, 0.5) is 10.1 Å². The highest BCUT2D eigenvalue weighted by Gasteiger charge is 2.20. The van der Waals surface area contributed by atoms with Crippen LogP contribution in [-0.2, 0) is 0 Å². The molecule has 0 atom stereocenters. The fourth-order valence-electron chi connectivity index (χ4n) is 1.51. The Labute approximate surface area is 122 Å². The second-order valence-corrected chi connectivity index (χ2v) is 3.92. The van der Waals surface area contributed by atoms with Gasteiger partial charge in [0.1, 0.15) is 11.4 Å². The average Bonchev–Trinajstić information content (AvgIpc) is 2.38. The zero-order valence-corrected chi connectivity index (χ0v) is 11.8. The van der Waals surface area contributed by atoms with Crippen molar-refractivity contribution in [3.63, 3.8) is 0 Å². The summed E-state index contributed by atoms with van der Waals surface area (Å²) >= 11 is 0. The Hall–Kier alpha value is -1.73. The lowest BCUT2D eigenvalue weighted by Crippen LogP contribution is -2.32. The fraction of sp³-hybridized carbons (Fsp3) is 0.417. The van der Waals surface area contributed by atoms with Crippen molar-refractivity contribution < 1.29 is 14.1 Å². The topological polar surface area (TPSA) is 84.3 Å². The molecule has 1 aromatic rings. The van der Waals surface area contributed by atoms with Gasteiger partial charge in [-0.1, -0.05) is 6.92 Å². The van der Waals surface area contributed by atoms with Gasteiger partial charge < -0.3 is 10.6 Å². The van der Waals surface area contributed by atoms with Gasteiger partial charge in [-0.25, -0.2) is 4.39 Å². The van der Waals surface area contributed by atoms with E-state index < -0.39 is 22.3 Å². The van der Waals surface area contributed by atoms with Crippen LogP contribution < -0.4 is 10.6 Å². The summed E-state index contributed by atoms with van der Waals surface area (Å²) in [6, 6.07) is 2.88. The van der Waals surface area contributed by atoms with Crippen LogP contribution >= 0.6 is 12.4 Å². The minimum Gasteiger partial charge on any atom is -0.351 e. The van der Waals surface area contributed by atoms with E-state index in [0.717, 1.165) is 31.2 Å². The van der Waals surface area contributed by atoms with Crippen molar-refractivity contribution in [3.05, 3.63) is 39.7 Å². The van der Waals surface area contributed by atoms with Crippen molar-refractivity contribution in [3.8, 4) is 0 Å². The highest BCUT2D eigenvalue weighted by molar-refractivity contribution is 5.98. The average molecular weight is 306 g/mol. The van der Waals surface area contributed by atoms with Crippen molar-refractivity contribution in [1.82, 2.24) is 10.6 Å². The second-order valence-electron chi connectivity index (χ2n) is 3.92. The third kappa shape index (κ3) is 5.50. The number of hydrogen-bond donors (Lipinski definition) is 2. The van der Waals surface area contributed by atoms with Crippen molar-refractivity contribution in [1.29, 1.82) is 0 Å². The zero-order valence-electron chi connectivity index (χ0n) is 11.0. The number of nitrogens with zero attached hydrogens (tertiary/aromatic N) is 1. The highest BCUT2D eigenvalue weighted by Crippen LogP contribution is 2.19. The molecule has 0 aliphatic heterocycles. The molecule has 112 valence electrons. The Morgan fingerprint density at radius 1 is 1.35 bits per heavy atom. The van der Waals surface area contributed by atoms with E-state index in [9.17, 15) is 19.3 Å². The molecular formula is C12H17ClFN3O3. The van der Waals surface area contributed by atoms with Crippen LogP contribution in [-0.4, -0.2) is 30.5 Å². The van der Waals surface area contributed by atoms with E-state index in [0.29, 0.717) is 13.1 Å². The van der Waals surface area contributed by atoms with Crippen molar-refractivity contribution in [2.24, 2.45) is 0 Å². The Morgan fingerprint density at radius 3 is 2.65 bits per heavy atom. The van der Waals surface area contributed by atoms with Crippen molar-refractivity contribution in [2.45, 2.75) is 13.3 Å². The maximum Gasteiger partial charge on any atom is 0.285 e.